The summed E-state index contributed by atoms with van der Waals surface area (Å²) < 4.78 is 0. The molecular weight excluding hydrogens is 360 g/mol. The van der Waals surface area contributed by atoms with Crippen LogP contribution in [0.3, 0.4) is 0 Å². The molecule has 0 nitrogen and oxygen atoms in total. The molecule has 158 valence electrons. The highest BCUT2D eigenvalue weighted by molar-refractivity contribution is 6.14. The van der Waals surface area contributed by atoms with Crippen molar-refractivity contribution < 1.29 is 0 Å². The number of fused-ring (bicyclic) bond motifs is 7. The fraction of sp³-hybridized carbons (Fsp3) is 0.333. The lowest BCUT2D eigenvalue weighted by Gasteiger charge is -2.21. The fourth-order valence-corrected chi connectivity index (χ4v) is 4.29. The number of benzene rings is 4. The van der Waals surface area contributed by atoms with E-state index in [1.807, 2.05) is 27.7 Å². The first-order valence-electron chi connectivity index (χ1n) is 11.6. The van der Waals surface area contributed by atoms with E-state index in [0.29, 0.717) is 0 Å². The lowest BCUT2D eigenvalue weighted by molar-refractivity contribution is 0.661. The van der Waals surface area contributed by atoms with Crippen molar-refractivity contribution in [3.8, 4) is 11.1 Å². The molecule has 0 amide bonds. The van der Waals surface area contributed by atoms with Gasteiger partial charge < -0.3 is 0 Å². The van der Waals surface area contributed by atoms with Gasteiger partial charge >= 0.3 is 0 Å². The SMILES string of the molecule is CC.CC.CC1(C)c2ccccc2-c2c1ccc1c2ccc2ccccc21.CCC. The van der Waals surface area contributed by atoms with Crippen LogP contribution in [0.15, 0.2) is 72.8 Å². The highest BCUT2D eigenvalue weighted by Gasteiger charge is 2.35. The lowest BCUT2D eigenvalue weighted by Crippen LogP contribution is -2.14. The van der Waals surface area contributed by atoms with Crippen LogP contribution in [-0.2, 0) is 5.41 Å². The van der Waals surface area contributed by atoms with Crippen LogP contribution in [-0.4, -0.2) is 0 Å². The summed E-state index contributed by atoms with van der Waals surface area (Å²) >= 11 is 0. The predicted molar refractivity (Wildman–Crippen MR) is 138 cm³/mol. The van der Waals surface area contributed by atoms with Gasteiger partial charge in [-0.2, -0.15) is 0 Å². The zero-order valence-electron chi connectivity index (χ0n) is 20.1. The molecule has 0 aromatic heterocycles. The minimum Gasteiger partial charge on any atom is -0.0683 e. The van der Waals surface area contributed by atoms with Crippen molar-refractivity contribution >= 4 is 21.5 Å². The van der Waals surface area contributed by atoms with Crippen LogP contribution in [0.1, 0.15) is 72.9 Å². The number of hydrogen-bond acceptors (Lipinski definition) is 0. The molecule has 0 saturated heterocycles. The van der Waals surface area contributed by atoms with E-state index in [1.54, 1.807) is 0 Å². The Kier molecular flexibility index (Phi) is 8.24. The van der Waals surface area contributed by atoms with Gasteiger partial charge in [0.15, 0.2) is 0 Å². The summed E-state index contributed by atoms with van der Waals surface area (Å²) in [4.78, 5) is 0. The highest BCUT2D eigenvalue weighted by atomic mass is 14.4. The van der Waals surface area contributed by atoms with E-state index in [1.165, 1.54) is 50.2 Å². The van der Waals surface area contributed by atoms with Gasteiger partial charge in [-0.15, -0.1) is 0 Å². The second-order valence-electron chi connectivity index (χ2n) is 7.75. The molecule has 5 rings (SSSR count). The molecule has 0 atom stereocenters. The third kappa shape index (κ3) is 4.01. The Morgan fingerprint density at radius 3 is 1.83 bits per heavy atom. The monoisotopic (exact) mass is 398 g/mol. The van der Waals surface area contributed by atoms with E-state index in [-0.39, 0.29) is 5.41 Å². The highest BCUT2D eigenvalue weighted by Crippen LogP contribution is 2.51. The first-order chi connectivity index (χ1) is 14.6. The Morgan fingerprint density at radius 2 is 1.13 bits per heavy atom. The van der Waals surface area contributed by atoms with Crippen molar-refractivity contribution in [1.29, 1.82) is 0 Å². The van der Waals surface area contributed by atoms with E-state index in [4.69, 9.17) is 0 Å². The first-order valence-corrected chi connectivity index (χ1v) is 11.6. The van der Waals surface area contributed by atoms with Crippen LogP contribution in [0.5, 0.6) is 0 Å². The van der Waals surface area contributed by atoms with Gasteiger partial charge in [-0.05, 0) is 43.8 Å². The van der Waals surface area contributed by atoms with Crippen LogP contribution in [0.2, 0.25) is 0 Å². The standard InChI is InChI=1S/C23H18.C3H8.2C2H6/c1-23(2)20-10-6-5-9-19(20)22-18-12-11-15-7-3-4-8-16(15)17(18)13-14-21(22)23;1-3-2;2*1-2/h3-14H,1-2H3;3H2,1-2H3;2*1-2H3. The van der Waals surface area contributed by atoms with Gasteiger partial charge in [-0.1, -0.05) is 135 Å². The van der Waals surface area contributed by atoms with Crippen LogP contribution >= 0.6 is 0 Å². The van der Waals surface area contributed by atoms with E-state index in [2.05, 4.69) is 100 Å². The van der Waals surface area contributed by atoms with Crippen molar-refractivity contribution in [1.82, 2.24) is 0 Å². The normalized spacial score (nSPS) is 12.4. The summed E-state index contributed by atoms with van der Waals surface area (Å²) in [6, 6.07) is 26.7. The maximum absolute atomic E-state index is 2.34. The molecule has 0 N–H and O–H groups in total. The molecule has 4 aromatic carbocycles. The number of rotatable bonds is 0. The van der Waals surface area contributed by atoms with Crippen LogP contribution in [0, 0.1) is 0 Å². The molecule has 0 radical (unpaired) electrons. The maximum atomic E-state index is 2.34. The van der Waals surface area contributed by atoms with Gasteiger partial charge in [-0.3, -0.25) is 0 Å². The zero-order chi connectivity index (χ0) is 22.3. The molecule has 4 aromatic rings. The van der Waals surface area contributed by atoms with E-state index >= 15 is 0 Å². The van der Waals surface area contributed by atoms with E-state index < -0.39 is 0 Å². The maximum Gasteiger partial charge on any atom is 0.0159 e. The smallest absolute Gasteiger partial charge is 0.0159 e. The quantitative estimate of drug-likeness (QED) is 0.258. The van der Waals surface area contributed by atoms with Gasteiger partial charge in [0.05, 0.1) is 0 Å². The Hall–Kier alpha value is -2.60. The molecule has 30 heavy (non-hydrogen) atoms. The Morgan fingerprint density at radius 1 is 0.567 bits per heavy atom. The second-order valence-corrected chi connectivity index (χ2v) is 7.75. The third-order valence-electron chi connectivity index (χ3n) is 5.47. The average molecular weight is 399 g/mol. The average Bonchev–Trinajstić information content (AvgIpc) is 3.04. The molecule has 0 fully saturated rings. The van der Waals surface area contributed by atoms with Crippen LogP contribution in [0.25, 0.3) is 32.7 Å². The minimum atomic E-state index is 0.0752. The summed E-state index contributed by atoms with van der Waals surface area (Å²) in [5.41, 5.74) is 5.78. The van der Waals surface area contributed by atoms with E-state index in [0.717, 1.165) is 0 Å². The number of hydrogen-bond donors (Lipinski definition) is 0. The second kappa shape index (κ2) is 10.4. The van der Waals surface area contributed by atoms with Gasteiger partial charge in [0.1, 0.15) is 0 Å². The van der Waals surface area contributed by atoms with E-state index in [9.17, 15) is 0 Å². The first kappa shape index (κ1) is 23.7. The molecule has 0 unspecified atom stereocenters. The third-order valence-corrected chi connectivity index (χ3v) is 5.47. The molecule has 0 bridgehead atoms. The van der Waals surface area contributed by atoms with Crippen LogP contribution < -0.4 is 0 Å². The molecule has 0 heteroatoms. The fourth-order valence-electron chi connectivity index (χ4n) is 4.29. The summed E-state index contributed by atoms with van der Waals surface area (Å²) in [7, 11) is 0. The predicted octanol–water partition coefficient (Wildman–Crippen LogP) is 9.77. The van der Waals surface area contributed by atoms with Crippen molar-refractivity contribution in [2.75, 3.05) is 0 Å². The van der Waals surface area contributed by atoms with Crippen molar-refractivity contribution in [2.45, 2.75) is 67.2 Å². The molecular formula is C30H38. The van der Waals surface area contributed by atoms with Gasteiger partial charge in [0.25, 0.3) is 0 Å². The Labute approximate surface area is 184 Å². The lowest BCUT2D eigenvalue weighted by atomic mass is 9.82. The largest absolute Gasteiger partial charge is 0.0683 e. The van der Waals surface area contributed by atoms with Gasteiger partial charge in [0.2, 0.25) is 0 Å². The summed E-state index contributed by atoms with van der Waals surface area (Å²) in [5, 5.41) is 5.38. The molecule has 0 aliphatic heterocycles. The molecule has 0 saturated carbocycles. The Balaban J connectivity index is 0.000000414. The van der Waals surface area contributed by atoms with Crippen LogP contribution in [0.4, 0.5) is 0 Å². The zero-order valence-corrected chi connectivity index (χ0v) is 20.1. The van der Waals surface area contributed by atoms with Crippen molar-refractivity contribution in [3.05, 3.63) is 83.9 Å². The topological polar surface area (TPSA) is 0 Å². The van der Waals surface area contributed by atoms with Crippen molar-refractivity contribution in [3.63, 3.8) is 0 Å². The summed E-state index contributed by atoms with van der Waals surface area (Å²) in [6.07, 6.45) is 1.25. The molecule has 0 spiro atoms. The molecule has 0 heterocycles. The Bertz CT molecular complexity index is 1100. The minimum absolute atomic E-state index is 0.0752. The van der Waals surface area contributed by atoms with Crippen molar-refractivity contribution in [2.24, 2.45) is 0 Å². The summed E-state index contributed by atoms with van der Waals surface area (Å²) in [5.74, 6) is 0. The van der Waals surface area contributed by atoms with Gasteiger partial charge in [0, 0.05) is 5.41 Å². The van der Waals surface area contributed by atoms with Gasteiger partial charge in [-0.25, -0.2) is 0 Å². The molecule has 1 aliphatic carbocycles. The summed E-state index contributed by atoms with van der Waals surface area (Å²) in [6.45, 7) is 16.9. The molecule has 1 aliphatic rings.